The van der Waals surface area contributed by atoms with Gasteiger partial charge < -0.3 is 5.11 Å². The fourth-order valence-electron chi connectivity index (χ4n) is 2.12. The molecule has 3 aromatic heterocycles. The number of rotatable bonds is 5. The van der Waals surface area contributed by atoms with Crippen LogP contribution in [0.4, 0.5) is 0 Å². The summed E-state index contributed by atoms with van der Waals surface area (Å²) in [6, 6.07) is 0. The van der Waals surface area contributed by atoms with Crippen LogP contribution in [-0.2, 0) is 13.0 Å². The van der Waals surface area contributed by atoms with Gasteiger partial charge in [-0.05, 0) is 6.42 Å². The lowest BCUT2D eigenvalue weighted by Gasteiger charge is -2.03. The number of aromatic carboxylic acids is 1. The molecule has 0 aliphatic carbocycles. The summed E-state index contributed by atoms with van der Waals surface area (Å²) in [6.45, 7) is 2.43. The molecule has 0 bridgehead atoms. The monoisotopic (exact) mass is 291 g/mol. The third-order valence-corrected chi connectivity index (χ3v) is 3.75. The van der Waals surface area contributed by atoms with E-state index in [0.29, 0.717) is 18.7 Å². The molecule has 0 atom stereocenters. The van der Waals surface area contributed by atoms with Gasteiger partial charge in [-0.15, -0.1) is 16.4 Å². The van der Waals surface area contributed by atoms with Crippen molar-refractivity contribution in [2.45, 2.75) is 26.3 Å². The molecule has 0 aliphatic rings. The molecule has 0 aromatic carbocycles. The molecule has 3 rings (SSSR count). The minimum Gasteiger partial charge on any atom is -0.476 e. The van der Waals surface area contributed by atoms with E-state index in [9.17, 15) is 4.79 Å². The summed E-state index contributed by atoms with van der Waals surface area (Å²) in [4.78, 5) is 16.5. The van der Waals surface area contributed by atoms with Gasteiger partial charge in [-0.1, -0.05) is 18.6 Å². The Balaban J connectivity index is 1.93. The number of thiazole rings is 1. The second-order valence-electron chi connectivity index (χ2n) is 4.42. The summed E-state index contributed by atoms with van der Waals surface area (Å²) in [5.74, 6) is -1.04. The van der Waals surface area contributed by atoms with Gasteiger partial charge in [0.25, 0.3) is 0 Å². The zero-order valence-electron chi connectivity index (χ0n) is 10.9. The van der Waals surface area contributed by atoms with E-state index in [2.05, 4.69) is 15.3 Å². The molecule has 0 saturated heterocycles. The first-order chi connectivity index (χ1) is 9.69. The summed E-state index contributed by atoms with van der Waals surface area (Å²) < 4.78 is 3.56. The highest BCUT2D eigenvalue weighted by Crippen LogP contribution is 2.14. The molecular weight excluding hydrogens is 278 g/mol. The lowest BCUT2D eigenvalue weighted by Crippen LogP contribution is -2.09. The van der Waals surface area contributed by atoms with Crippen molar-refractivity contribution in [3.05, 3.63) is 34.9 Å². The average Bonchev–Trinajstić information content (AvgIpc) is 3.05. The largest absolute Gasteiger partial charge is 0.476 e. The van der Waals surface area contributed by atoms with Crippen LogP contribution in [0, 0.1) is 0 Å². The normalized spacial score (nSPS) is 11.2. The van der Waals surface area contributed by atoms with E-state index in [1.54, 1.807) is 16.0 Å². The summed E-state index contributed by atoms with van der Waals surface area (Å²) in [7, 11) is 0. The Bertz CT molecular complexity index is 728. The van der Waals surface area contributed by atoms with Crippen LogP contribution >= 0.6 is 11.3 Å². The van der Waals surface area contributed by atoms with Gasteiger partial charge in [0.1, 0.15) is 0 Å². The van der Waals surface area contributed by atoms with Crippen molar-refractivity contribution in [2.75, 3.05) is 0 Å². The summed E-state index contributed by atoms with van der Waals surface area (Å²) in [5.41, 5.74) is 1.53. The smallest absolute Gasteiger partial charge is 0.358 e. The topological polar surface area (TPSA) is 85.3 Å². The second-order valence-corrected chi connectivity index (χ2v) is 5.30. The average molecular weight is 291 g/mol. The molecule has 0 fully saturated rings. The number of imidazole rings is 1. The first-order valence-electron chi connectivity index (χ1n) is 6.25. The first kappa shape index (κ1) is 12.8. The number of hydrogen-bond donors (Lipinski definition) is 1. The number of carbonyl (C=O) groups is 1. The first-order valence-corrected chi connectivity index (χ1v) is 7.13. The maximum Gasteiger partial charge on any atom is 0.358 e. The summed E-state index contributed by atoms with van der Waals surface area (Å²) in [5, 5.41) is 18.8. The van der Waals surface area contributed by atoms with Gasteiger partial charge in [-0.3, -0.25) is 4.40 Å². The van der Waals surface area contributed by atoms with Gasteiger partial charge >= 0.3 is 5.97 Å². The highest BCUT2D eigenvalue weighted by atomic mass is 32.1. The van der Waals surface area contributed by atoms with Crippen LogP contribution in [-0.4, -0.2) is 35.5 Å². The Morgan fingerprint density at radius 2 is 2.35 bits per heavy atom. The van der Waals surface area contributed by atoms with Crippen molar-refractivity contribution >= 4 is 22.3 Å². The van der Waals surface area contributed by atoms with E-state index in [1.807, 2.05) is 29.1 Å². The predicted molar refractivity (Wildman–Crippen MR) is 73.1 cm³/mol. The van der Waals surface area contributed by atoms with E-state index >= 15 is 0 Å². The van der Waals surface area contributed by atoms with Crippen LogP contribution in [0.3, 0.4) is 0 Å². The van der Waals surface area contributed by atoms with Crippen LogP contribution in [0.5, 0.6) is 0 Å². The van der Waals surface area contributed by atoms with Gasteiger partial charge in [0.2, 0.25) is 0 Å². The molecule has 1 N–H and O–H groups in total. The molecule has 7 nitrogen and oxygen atoms in total. The van der Waals surface area contributed by atoms with Crippen LogP contribution < -0.4 is 0 Å². The molecule has 0 aliphatic heterocycles. The van der Waals surface area contributed by atoms with Gasteiger partial charge in [0, 0.05) is 17.8 Å². The van der Waals surface area contributed by atoms with Crippen LogP contribution in [0.25, 0.3) is 4.96 Å². The zero-order chi connectivity index (χ0) is 14.1. The van der Waals surface area contributed by atoms with Crippen molar-refractivity contribution in [2.24, 2.45) is 0 Å². The number of hydrogen-bond acceptors (Lipinski definition) is 5. The van der Waals surface area contributed by atoms with Crippen molar-refractivity contribution in [1.82, 2.24) is 24.4 Å². The lowest BCUT2D eigenvalue weighted by molar-refractivity contribution is 0.0689. The minimum absolute atomic E-state index is 0.0351. The Morgan fingerprint density at radius 1 is 1.50 bits per heavy atom. The van der Waals surface area contributed by atoms with Crippen LogP contribution in [0.1, 0.15) is 35.2 Å². The van der Waals surface area contributed by atoms with E-state index in [4.69, 9.17) is 5.11 Å². The molecule has 0 radical (unpaired) electrons. The highest BCUT2D eigenvalue weighted by molar-refractivity contribution is 7.15. The highest BCUT2D eigenvalue weighted by Gasteiger charge is 2.18. The number of fused-ring (bicyclic) bond motifs is 1. The minimum atomic E-state index is -1.04. The lowest BCUT2D eigenvalue weighted by atomic mass is 10.2. The summed E-state index contributed by atoms with van der Waals surface area (Å²) >= 11 is 1.56. The number of nitrogens with zero attached hydrogens (tertiary/aromatic N) is 5. The maximum absolute atomic E-state index is 11.1. The molecule has 3 aromatic rings. The predicted octanol–water partition coefficient (Wildman–Crippen LogP) is 1.69. The number of carboxylic acids is 1. The summed E-state index contributed by atoms with van der Waals surface area (Å²) in [6.07, 6.45) is 5.33. The molecule has 3 heterocycles. The van der Waals surface area contributed by atoms with Crippen LogP contribution in [0.2, 0.25) is 0 Å². The Morgan fingerprint density at radius 3 is 3.05 bits per heavy atom. The Kier molecular flexibility index (Phi) is 3.23. The van der Waals surface area contributed by atoms with Gasteiger partial charge in [0.15, 0.2) is 10.7 Å². The molecule has 8 heteroatoms. The maximum atomic E-state index is 11.1. The van der Waals surface area contributed by atoms with E-state index < -0.39 is 5.97 Å². The van der Waals surface area contributed by atoms with Gasteiger partial charge in [0.05, 0.1) is 17.9 Å². The molecular formula is C12H13N5O2S. The van der Waals surface area contributed by atoms with Gasteiger partial charge in [-0.25, -0.2) is 14.5 Å². The van der Waals surface area contributed by atoms with Crippen molar-refractivity contribution < 1.29 is 9.90 Å². The zero-order valence-corrected chi connectivity index (χ0v) is 11.7. The van der Waals surface area contributed by atoms with Crippen LogP contribution in [0.15, 0.2) is 17.8 Å². The molecule has 0 unspecified atom stereocenters. The number of carboxylic acid groups (broad SMARTS) is 1. The Labute approximate surface area is 118 Å². The molecule has 0 spiro atoms. The molecule has 0 amide bonds. The third-order valence-electron chi connectivity index (χ3n) is 2.98. The number of aromatic nitrogens is 5. The molecule has 20 heavy (non-hydrogen) atoms. The molecule has 104 valence electrons. The quantitative estimate of drug-likeness (QED) is 0.773. The van der Waals surface area contributed by atoms with E-state index in [-0.39, 0.29) is 5.69 Å². The van der Waals surface area contributed by atoms with E-state index in [1.165, 1.54) is 0 Å². The van der Waals surface area contributed by atoms with Crippen molar-refractivity contribution in [3.63, 3.8) is 0 Å². The molecule has 0 saturated carbocycles. The van der Waals surface area contributed by atoms with Crippen molar-refractivity contribution in [1.29, 1.82) is 0 Å². The standard InChI is InChI=1S/C12H13N5O2S/c1-2-3-9-10(11(18)19)14-15-17(9)7-8-6-16-4-5-20-12(16)13-8/h4-6H,2-3,7H2,1H3,(H,18,19). The van der Waals surface area contributed by atoms with Crippen molar-refractivity contribution in [3.8, 4) is 0 Å². The SMILES string of the molecule is CCCc1c(C(=O)O)nnn1Cc1cn2ccsc2n1. The fourth-order valence-corrected chi connectivity index (χ4v) is 2.83. The Hall–Kier alpha value is -2.22. The third kappa shape index (κ3) is 2.18. The van der Waals surface area contributed by atoms with Gasteiger partial charge in [-0.2, -0.15) is 0 Å². The second kappa shape index (κ2) is 5.04. The van der Waals surface area contributed by atoms with E-state index in [0.717, 1.165) is 17.1 Å². The fraction of sp³-hybridized carbons (Fsp3) is 0.333.